The van der Waals surface area contributed by atoms with Crippen LogP contribution in [-0.2, 0) is 9.53 Å². The lowest BCUT2D eigenvalue weighted by atomic mass is 9.97. The maximum Gasteiger partial charge on any atom is 0.226 e. The van der Waals surface area contributed by atoms with Crippen molar-refractivity contribution in [3.05, 3.63) is 0 Å². The van der Waals surface area contributed by atoms with E-state index in [1.165, 1.54) is 0 Å². The molecule has 0 aromatic heterocycles. The molecular formula is C11H19Cl2NO2. The molecule has 0 saturated carbocycles. The lowest BCUT2D eigenvalue weighted by Crippen LogP contribution is -2.52. The Morgan fingerprint density at radius 1 is 1.50 bits per heavy atom. The van der Waals surface area contributed by atoms with Crippen LogP contribution in [0.2, 0.25) is 0 Å². The summed E-state index contributed by atoms with van der Waals surface area (Å²) >= 11 is 11.6. The lowest BCUT2D eigenvalue weighted by Gasteiger charge is -2.28. The number of hydrogen-bond acceptors (Lipinski definition) is 2. The van der Waals surface area contributed by atoms with Crippen LogP contribution in [0, 0.1) is 5.92 Å². The molecule has 1 fully saturated rings. The van der Waals surface area contributed by atoms with Gasteiger partial charge in [0, 0.05) is 18.4 Å². The Bertz CT molecular complexity index is 244. The highest BCUT2D eigenvalue weighted by Crippen LogP contribution is 2.24. The third kappa shape index (κ3) is 3.25. The molecule has 0 aromatic carbocycles. The number of halogens is 2. The monoisotopic (exact) mass is 267 g/mol. The molecule has 0 radical (unpaired) electrons. The fourth-order valence-electron chi connectivity index (χ4n) is 1.84. The largest absolute Gasteiger partial charge is 0.377 e. The average Bonchev–Trinajstić information content (AvgIpc) is 2.76. The van der Waals surface area contributed by atoms with Crippen molar-refractivity contribution in [3.8, 4) is 0 Å². The smallest absolute Gasteiger partial charge is 0.226 e. The lowest BCUT2D eigenvalue weighted by molar-refractivity contribution is -0.128. The van der Waals surface area contributed by atoms with Gasteiger partial charge in [-0.3, -0.25) is 4.79 Å². The van der Waals surface area contributed by atoms with Gasteiger partial charge in [-0.2, -0.15) is 0 Å². The molecule has 1 aliphatic rings. The zero-order valence-electron chi connectivity index (χ0n) is 9.76. The molecule has 1 rings (SSSR count). The van der Waals surface area contributed by atoms with Crippen LogP contribution < -0.4 is 5.32 Å². The standard InChI is InChI=1S/C11H19Cl2NO2/c1-3-9-8(4-5-16-9)10(15)14-11(2,6-12)7-13/h8-9H,3-7H2,1-2H3,(H,14,15). The number of hydrogen-bond donors (Lipinski definition) is 1. The molecule has 94 valence electrons. The van der Waals surface area contributed by atoms with E-state index in [4.69, 9.17) is 27.9 Å². The highest BCUT2D eigenvalue weighted by molar-refractivity contribution is 6.22. The Labute approximate surface area is 107 Å². The summed E-state index contributed by atoms with van der Waals surface area (Å²) in [5, 5.41) is 2.92. The van der Waals surface area contributed by atoms with E-state index in [0.29, 0.717) is 18.4 Å². The summed E-state index contributed by atoms with van der Waals surface area (Å²) in [6.07, 6.45) is 1.68. The van der Waals surface area contributed by atoms with Crippen molar-refractivity contribution >= 4 is 29.1 Å². The van der Waals surface area contributed by atoms with Crippen LogP contribution in [0.25, 0.3) is 0 Å². The van der Waals surface area contributed by atoms with Crippen molar-refractivity contribution in [2.45, 2.75) is 38.3 Å². The first kappa shape index (κ1) is 14.1. The molecule has 1 heterocycles. The number of rotatable bonds is 5. The van der Waals surface area contributed by atoms with E-state index in [1.807, 2.05) is 13.8 Å². The van der Waals surface area contributed by atoms with Gasteiger partial charge in [-0.05, 0) is 19.8 Å². The normalized spacial score (nSPS) is 25.8. The van der Waals surface area contributed by atoms with Gasteiger partial charge in [0.15, 0.2) is 0 Å². The quantitative estimate of drug-likeness (QED) is 0.776. The number of alkyl halides is 2. The SMILES string of the molecule is CCC1OCCC1C(=O)NC(C)(CCl)CCl. The topological polar surface area (TPSA) is 38.3 Å². The number of nitrogens with one attached hydrogen (secondary N) is 1. The maximum atomic E-state index is 12.0. The molecule has 1 N–H and O–H groups in total. The summed E-state index contributed by atoms with van der Waals surface area (Å²) in [6.45, 7) is 4.54. The van der Waals surface area contributed by atoms with Crippen LogP contribution in [0.15, 0.2) is 0 Å². The first-order valence-electron chi connectivity index (χ1n) is 5.62. The summed E-state index contributed by atoms with van der Waals surface area (Å²) in [7, 11) is 0. The molecular weight excluding hydrogens is 249 g/mol. The van der Waals surface area contributed by atoms with Crippen LogP contribution >= 0.6 is 23.2 Å². The third-order valence-corrected chi connectivity index (χ3v) is 4.14. The Hall–Kier alpha value is 0.01000. The fourth-order valence-corrected chi connectivity index (χ4v) is 2.26. The van der Waals surface area contributed by atoms with Gasteiger partial charge in [0.2, 0.25) is 5.91 Å². The predicted molar refractivity (Wildman–Crippen MR) is 66.1 cm³/mol. The van der Waals surface area contributed by atoms with Crippen molar-refractivity contribution in [1.29, 1.82) is 0 Å². The minimum atomic E-state index is -0.527. The molecule has 2 atom stereocenters. The third-order valence-electron chi connectivity index (χ3n) is 2.96. The molecule has 1 amide bonds. The van der Waals surface area contributed by atoms with Crippen molar-refractivity contribution in [2.24, 2.45) is 5.92 Å². The molecule has 16 heavy (non-hydrogen) atoms. The van der Waals surface area contributed by atoms with Crippen molar-refractivity contribution in [3.63, 3.8) is 0 Å². The summed E-state index contributed by atoms with van der Waals surface area (Å²) < 4.78 is 5.49. The first-order chi connectivity index (χ1) is 7.56. The molecule has 1 saturated heterocycles. The zero-order valence-corrected chi connectivity index (χ0v) is 11.3. The first-order valence-corrected chi connectivity index (χ1v) is 6.68. The summed E-state index contributed by atoms with van der Waals surface area (Å²) in [5.74, 6) is 0.572. The van der Waals surface area contributed by atoms with E-state index < -0.39 is 5.54 Å². The Kier molecular flexibility index (Phi) is 5.35. The van der Waals surface area contributed by atoms with Crippen molar-refractivity contribution < 1.29 is 9.53 Å². The Morgan fingerprint density at radius 3 is 2.62 bits per heavy atom. The molecule has 0 spiro atoms. The van der Waals surface area contributed by atoms with Crippen LogP contribution in [0.4, 0.5) is 0 Å². The van der Waals surface area contributed by atoms with Crippen LogP contribution in [0.3, 0.4) is 0 Å². The second-order valence-corrected chi connectivity index (χ2v) is 5.06. The van der Waals surface area contributed by atoms with E-state index in [9.17, 15) is 4.79 Å². The summed E-state index contributed by atoms with van der Waals surface area (Å²) in [6, 6.07) is 0. The zero-order chi connectivity index (χ0) is 12.2. The van der Waals surface area contributed by atoms with E-state index in [0.717, 1.165) is 12.8 Å². The van der Waals surface area contributed by atoms with Crippen molar-refractivity contribution in [2.75, 3.05) is 18.4 Å². The van der Waals surface area contributed by atoms with Gasteiger partial charge >= 0.3 is 0 Å². The van der Waals surface area contributed by atoms with E-state index in [2.05, 4.69) is 5.32 Å². The molecule has 0 aliphatic carbocycles. The summed E-state index contributed by atoms with van der Waals surface area (Å²) in [5.41, 5.74) is -0.527. The van der Waals surface area contributed by atoms with Gasteiger partial charge in [0.25, 0.3) is 0 Å². The average molecular weight is 268 g/mol. The Morgan fingerprint density at radius 2 is 2.12 bits per heavy atom. The van der Waals surface area contributed by atoms with Gasteiger partial charge < -0.3 is 10.1 Å². The van der Waals surface area contributed by atoms with Gasteiger partial charge in [-0.15, -0.1) is 23.2 Å². The second kappa shape index (κ2) is 6.08. The predicted octanol–water partition coefficient (Wildman–Crippen LogP) is 2.15. The number of amides is 1. The number of ether oxygens (including phenoxy) is 1. The van der Waals surface area contributed by atoms with Gasteiger partial charge in [-0.1, -0.05) is 6.92 Å². The summed E-state index contributed by atoms with van der Waals surface area (Å²) in [4.78, 5) is 12.0. The fraction of sp³-hybridized carbons (Fsp3) is 0.909. The van der Waals surface area contributed by atoms with Crippen LogP contribution in [0.5, 0.6) is 0 Å². The molecule has 2 unspecified atom stereocenters. The van der Waals surface area contributed by atoms with Gasteiger partial charge in [-0.25, -0.2) is 0 Å². The Balaban J connectivity index is 2.57. The van der Waals surface area contributed by atoms with Crippen LogP contribution in [0.1, 0.15) is 26.7 Å². The van der Waals surface area contributed by atoms with E-state index in [-0.39, 0.29) is 17.9 Å². The maximum absolute atomic E-state index is 12.0. The number of carbonyl (C=O) groups is 1. The highest BCUT2D eigenvalue weighted by atomic mass is 35.5. The minimum Gasteiger partial charge on any atom is -0.377 e. The molecule has 0 bridgehead atoms. The molecule has 3 nitrogen and oxygen atoms in total. The van der Waals surface area contributed by atoms with Gasteiger partial charge in [0.1, 0.15) is 0 Å². The van der Waals surface area contributed by atoms with E-state index >= 15 is 0 Å². The second-order valence-electron chi connectivity index (χ2n) is 4.53. The van der Waals surface area contributed by atoms with E-state index in [1.54, 1.807) is 0 Å². The van der Waals surface area contributed by atoms with Crippen molar-refractivity contribution in [1.82, 2.24) is 5.32 Å². The molecule has 5 heteroatoms. The minimum absolute atomic E-state index is 0.00755. The van der Waals surface area contributed by atoms with Crippen LogP contribution in [-0.4, -0.2) is 35.9 Å². The molecule has 0 aromatic rings. The molecule has 1 aliphatic heterocycles. The highest BCUT2D eigenvalue weighted by Gasteiger charge is 2.35. The van der Waals surface area contributed by atoms with Gasteiger partial charge in [0.05, 0.1) is 17.6 Å². The number of carbonyl (C=O) groups excluding carboxylic acids is 1.